The molecule has 4 aromatic rings. The zero-order valence-corrected chi connectivity index (χ0v) is 15.8. The highest BCUT2D eigenvalue weighted by Gasteiger charge is 2.26. The Kier molecular flexibility index (Phi) is 4.73. The van der Waals surface area contributed by atoms with E-state index in [0.717, 1.165) is 42.4 Å². The van der Waals surface area contributed by atoms with E-state index in [-0.39, 0.29) is 11.7 Å². The minimum atomic E-state index is -0.219. The molecule has 0 atom stereocenters. The van der Waals surface area contributed by atoms with Gasteiger partial charge in [-0.25, -0.2) is 4.39 Å². The number of pyridine rings is 2. The average Bonchev–Trinajstić information content (AvgIpc) is 3.25. The van der Waals surface area contributed by atoms with E-state index in [1.165, 1.54) is 6.07 Å². The molecule has 1 aromatic carbocycles. The lowest BCUT2D eigenvalue weighted by atomic mass is 9.96. The monoisotopic (exact) mass is 389 g/mol. The largest absolute Gasteiger partial charge is 0.339 e. The molecule has 0 unspecified atom stereocenters. The van der Waals surface area contributed by atoms with Gasteiger partial charge in [-0.1, -0.05) is 17.3 Å². The van der Waals surface area contributed by atoms with Gasteiger partial charge in [-0.2, -0.15) is 4.98 Å². The Morgan fingerprint density at radius 3 is 2.72 bits per heavy atom. The van der Waals surface area contributed by atoms with Crippen LogP contribution in [0.1, 0.15) is 30.2 Å². The van der Waals surface area contributed by atoms with Crippen molar-refractivity contribution in [1.29, 1.82) is 0 Å². The van der Waals surface area contributed by atoms with Crippen LogP contribution in [-0.2, 0) is 6.54 Å². The molecule has 1 aliphatic rings. The molecule has 0 N–H and O–H groups in total. The minimum Gasteiger partial charge on any atom is -0.339 e. The molecule has 0 saturated carbocycles. The number of halogens is 1. The lowest BCUT2D eigenvalue weighted by Gasteiger charge is -2.30. The van der Waals surface area contributed by atoms with Crippen molar-refractivity contribution in [2.45, 2.75) is 25.3 Å². The first-order valence-electron chi connectivity index (χ1n) is 9.77. The third kappa shape index (κ3) is 3.73. The molecule has 0 amide bonds. The minimum absolute atomic E-state index is 0.219. The maximum absolute atomic E-state index is 14.0. The maximum atomic E-state index is 14.0. The van der Waals surface area contributed by atoms with E-state index < -0.39 is 0 Å². The summed E-state index contributed by atoms with van der Waals surface area (Å²) < 4.78 is 19.5. The van der Waals surface area contributed by atoms with E-state index in [0.29, 0.717) is 24.0 Å². The summed E-state index contributed by atoms with van der Waals surface area (Å²) in [7, 11) is 0. The second-order valence-corrected chi connectivity index (χ2v) is 7.36. The van der Waals surface area contributed by atoms with E-state index in [1.807, 2.05) is 30.3 Å². The smallest absolute Gasteiger partial charge is 0.230 e. The second-order valence-electron chi connectivity index (χ2n) is 7.36. The van der Waals surface area contributed by atoms with E-state index in [9.17, 15) is 4.39 Å². The summed E-state index contributed by atoms with van der Waals surface area (Å²) in [6.45, 7) is 2.45. The Balaban J connectivity index is 1.26. The Labute approximate surface area is 167 Å². The highest BCUT2D eigenvalue weighted by atomic mass is 19.1. The maximum Gasteiger partial charge on any atom is 0.230 e. The van der Waals surface area contributed by atoms with Gasteiger partial charge in [0.2, 0.25) is 11.7 Å². The van der Waals surface area contributed by atoms with Crippen molar-refractivity contribution in [3.8, 4) is 11.5 Å². The number of hydrogen-bond acceptors (Lipinski definition) is 6. The SMILES string of the molecule is Fc1cc(CN2CCC(c3nc(-c4ccccn4)no3)CC2)c2ncccc2c1. The Morgan fingerprint density at radius 1 is 1.03 bits per heavy atom. The number of rotatable bonds is 4. The third-order valence-electron chi connectivity index (χ3n) is 5.42. The molecule has 0 radical (unpaired) electrons. The van der Waals surface area contributed by atoms with Gasteiger partial charge < -0.3 is 4.52 Å². The Bertz CT molecular complexity index is 1120. The van der Waals surface area contributed by atoms with Gasteiger partial charge in [-0.15, -0.1) is 0 Å². The number of piperidine rings is 1. The Hall–Kier alpha value is -3.19. The van der Waals surface area contributed by atoms with Gasteiger partial charge in [0.15, 0.2) is 0 Å². The number of fused-ring (bicyclic) bond motifs is 1. The summed E-state index contributed by atoms with van der Waals surface area (Å²) in [5.74, 6) is 1.21. The predicted octanol–water partition coefficient (Wildman–Crippen LogP) is 4.20. The van der Waals surface area contributed by atoms with Crippen molar-refractivity contribution in [1.82, 2.24) is 25.0 Å². The van der Waals surface area contributed by atoms with Crippen LogP contribution < -0.4 is 0 Å². The van der Waals surface area contributed by atoms with Crippen LogP contribution in [0.3, 0.4) is 0 Å². The fourth-order valence-corrected chi connectivity index (χ4v) is 3.93. The predicted molar refractivity (Wildman–Crippen MR) is 106 cm³/mol. The quantitative estimate of drug-likeness (QED) is 0.521. The van der Waals surface area contributed by atoms with E-state index in [2.05, 4.69) is 25.0 Å². The van der Waals surface area contributed by atoms with E-state index in [1.54, 1.807) is 18.5 Å². The van der Waals surface area contributed by atoms with Crippen molar-refractivity contribution in [2.24, 2.45) is 0 Å². The van der Waals surface area contributed by atoms with Gasteiger partial charge in [0.1, 0.15) is 11.5 Å². The van der Waals surface area contributed by atoms with Crippen LogP contribution in [0.4, 0.5) is 4.39 Å². The molecule has 5 rings (SSSR count). The molecule has 7 heteroatoms. The number of nitrogens with zero attached hydrogens (tertiary/aromatic N) is 5. The van der Waals surface area contributed by atoms with Gasteiger partial charge in [-0.3, -0.25) is 14.9 Å². The summed E-state index contributed by atoms with van der Waals surface area (Å²) in [5.41, 5.74) is 2.51. The molecular weight excluding hydrogens is 369 g/mol. The van der Waals surface area contributed by atoms with Gasteiger partial charge in [0, 0.05) is 30.2 Å². The molecule has 1 saturated heterocycles. The molecule has 0 aliphatic carbocycles. The first-order valence-corrected chi connectivity index (χ1v) is 9.77. The molecule has 6 nitrogen and oxygen atoms in total. The lowest BCUT2D eigenvalue weighted by Crippen LogP contribution is -2.32. The molecule has 4 heterocycles. The third-order valence-corrected chi connectivity index (χ3v) is 5.42. The Morgan fingerprint density at radius 2 is 1.90 bits per heavy atom. The highest BCUT2D eigenvalue weighted by Crippen LogP contribution is 2.29. The highest BCUT2D eigenvalue weighted by molar-refractivity contribution is 5.81. The molecule has 29 heavy (non-hydrogen) atoms. The number of likely N-dealkylation sites (tertiary alicyclic amines) is 1. The summed E-state index contributed by atoms with van der Waals surface area (Å²) >= 11 is 0. The lowest BCUT2D eigenvalue weighted by molar-refractivity contribution is 0.188. The molecule has 0 spiro atoms. The topological polar surface area (TPSA) is 67.9 Å². The summed E-state index contributed by atoms with van der Waals surface area (Å²) in [4.78, 5) is 15.6. The van der Waals surface area contributed by atoms with Crippen LogP contribution >= 0.6 is 0 Å². The van der Waals surface area contributed by atoms with Crippen LogP contribution in [0.25, 0.3) is 22.4 Å². The molecule has 1 fully saturated rings. The van der Waals surface area contributed by atoms with Crippen LogP contribution in [0.5, 0.6) is 0 Å². The molecule has 3 aromatic heterocycles. The fourth-order valence-electron chi connectivity index (χ4n) is 3.93. The van der Waals surface area contributed by atoms with Crippen molar-refractivity contribution in [3.63, 3.8) is 0 Å². The van der Waals surface area contributed by atoms with Gasteiger partial charge in [-0.05, 0) is 61.8 Å². The summed E-state index contributed by atoms with van der Waals surface area (Å²) in [6.07, 6.45) is 5.31. The normalized spacial score (nSPS) is 15.8. The molecular formula is C22H20FN5O. The van der Waals surface area contributed by atoms with Crippen LogP contribution in [0.2, 0.25) is 0 Å². The molecule has 146 valence electrons. The average molecular weight is 389 g/mol. The number of hydrogen-bond donors (Lipinski definition) is 0. The number of aromatic nitrogens is 4. The van der Waals surface area contributed by atoms with Crippen LogP contribution in [0, 0.1) is 5.82 Å². The van der Waals surface area contributed by atoms with Crippen LogP contribution in [-0.4, -0.2) is 38.1 Å². The standard InChI is InChI=1S/C22H20FN5O/c23-18-12-16-4-3-9-25-20(16)17(13-18)14-28-10-6-15(7-11-28)22-26-21(27-29-22)19-5-1-2-8-24-19/h1-5,8-9,12-13,15H,6-7,10-11,14H2. The van der Waals surface area contributed by atoms with Gasteiger partial charge in [0.25, 0.3) is 0 Å². The van der Waals surface area contributed by atoms with Gasteiger partial charge >= 0.3 is 0 Å². The van der Waals surface area contributed by atoms with Crippen molar-refractivity contribution >= 4 is 10.9 Å². The molecule has 0 bridgehead atoms. The van der Waals surface area contributed by atoms with Crippen LogP contribution in [0.15, 0.2) is 59.4 Å². The number of benzene rings is 1. The van der Waals surface area contributed by atoms with Crippen molar-refractivity contribution in [3.05, 3.63) is 72.1 Å². The van der Waals surface area contributed by atoms with Crippen molar-refractivity contribution in [2.75, 3.05) is 13.1 Å². The molecule has 1 aliphatic heterocycles. The van der Waals surface area contributed by atoms with E-state index >= 15 is 0 Å². The second kappa shape index (κ2) is 7.67. The summed E-state index contributed by atoms with van der Waals surface area (Å²) in [6, 6.07) is 12.5. The first kappa shape index (κ1) is 17.9. The zero-order valence-electron chi connectivity index (χ0n) is 15.8. The zero-order chi connectivity index (χ0) is 19.6. The summed E-state index contributed by atoms with van der Waals surface area (Å²) in [5, 5.41) is 4.92. The first-order chi connectivity index (χ1) is 14.3. The fraction of sp³-hybridized carbons (Fsp3) is 0.273. The van der Waals surface area contributed by atoms with E-state index in [4.69, 9.17) is 4.52 Å². The van der Waals surface area contributed by atoms with Crippen molar-refractivity contribution < 1.29 is 8.91 Å². The van der Waals surface area contributed by atoms with Gasteiger partial charge in [0.05, 0.1) is 5.52 Å².